The molecule has 3 rings (SSSR count). The minimum atomic E-state index is -0.175. The molecule has 0 nitrogen and oxygen atoms in total. The lowest BCUT2D eigenvalue weighted by atomic mass is 9.95. The fourth-order valence-corrected chi connectivity index (χ4v) is 3.14. The fraction of sp³-hybridized carbons (Fsp3) is 0.158. The Morgan fingerprint density at radius 2 is 1.52 bits per heavy atom. The highest BCUT2D eigenvalue weighted by atomic mass is 35.5. The van der Waals surface area contributed by atoms with Gasteiger partial charge in [-0.2, -0.15) is 0 Å². The van der Waals surface area contributed by atoms with Gasteiger partial charge in [0.15, 0.2) is 0 Å². The third kappa shape index (κ3) is 2.66. The lowest BCUT2D eigenvalue weighted by Gasteiger charge is -2.15. The van der Waals surface area contributed by atoms with Crippen LogP contribution in [0, 0.1) is 13.8 Å². The monoisotopic (exact) mass is 314 g/mol. The van der Waals surface area contributed by atoms with Crippen molar-refractivity contribution in [2.75, 3.05) is 0 Å². The Morgan fingerprint density at radius 3 is 2.24 bits per heavy atom. The van der Waals surface area contributed by atoms with Crippen LogP contribution in [0.4, 0.5) is 0 Å². The van der Waals surface area contributed by atoms with E-state index >= 15 is 0 Å². The number of alkyl halides is 1. The molecule has 0 heterocycles. The maximum Gasteiger partial charge on any atom is 0.0841 e. The molecule has 0 saturated heterocycles. The summed E-state index contributed by atoms with van der Waals surface area (Å²) in [6, 6.07) is 18.6. The first-order valence-corrected chi connectivity index (χ1v) is 7.78. The quantitative estimate of drug-likeness (QED) is 0.477. The Kier molecular flexibility index (Phi) is 3.93. The van der Waals surface area contributed by atoms with Crippen molar-refractivity contribution in [3.63, 3.8) is 0 Å². The zero-order chi connectivity index (χ0) is 15.0. The Balaban J connectivity index is 2.15. The molecule has 2 heteroatoms. The molecule has 21 heavy (non-hydrogen) atoms. The molecule has 0 amide bonds. The molecule has 106 valence electrons. The van der Waals surface area contributed by atoms with Gasteiger partial charge in [-0.25, -0.2) is 0 Å². The van der Waals surface area contributed by atoms with Gasteiger partial charge in [-0.05, 0) is 52.9 Å². The van der Waals surface area contributed by atoms with E-state index in [0.29, 0.717) is 0 Å². The summed E-state index contributed by atoms with van der Waals surface area (Å²) in [5.74, 6) is 0. The molecule has 3 aromatic carbocycles. The van der Waals surface area contributed by atoms with Gasteiger partial charge in [0.25, 0.3) is 0 Å². The SMILES string of the molecule is Cc1cc(C(Cl)c2ccc(C)c3ccccc23)ccc1Cl. The van der Waals surface area contributed by atoms with Crippen LogP contribution in [-0.2, 0) is 0 Å². The summed E-state index contributed by atoms with van der Waals surface area (Å²) in [7, 11) is 0. The number of hydrogen-bond donors (Lipinski definition) is 0. The number of fused-ring (bicyclic) bond motifs is 1. The van der Waals surface area contributed by atoms with Gasteiger partial charge in [-0.1, -0.05) is 60.1 Å². The Bertz CT molecular complexity index is 806. The maximum atomic E-state index is 6.74. The van der Waals surface area contributed by atoms with Crippen molar-refractivity contribution < 1.29 is 0 Å². The number of hydrogen-bond acceptors (Lipinski definition) is 0. The second-order valence-electron chi connectivity index (χ2n) is 5.39. The van der Waals surface area contributed by atoms with Crippen molar-refractivity contribution in [2.45, 2.75) is 19.2 Å². The van der Waals surface area contributed by atoms with Gasteiger partial charge < -0.3 is 0 Å². The summed E-state index contributed by atoms with van der Waals surface area (Å²) in [5, 5.41) is 3.07. The first-order chi connectivity index (χ1) is 10.1. The van der Waals surface area contributed by atoms with Gasteiger partial charge in [-0.3, -0.25) is 0 Å². The summed E-state index contributed by atoms with van der Waals surface area (Å²) in [6.45, 7) is 4.13. The van der Waals surface area contributed by atoms with E-state index in [2.05, 4.69) is 49.4 Å². The van der Waals surface area contributed by atoms with Gasteiger partial charge in [-0.15, -0.1) is 11.6 Å². The van der Waals surface area contributed by atoms with Crippen LogP contribution in [0.25, 0.3) is 10.8 Å². The van der Waals surface area contributed by atoms with E-state index in [4.69, 9.17) is 23.2 Å². The van der Waals surface area contributed by atoms with Crippen LogP contribution in [0.1, 0.15) is 27.6 Å². The van der Waals surface area contributed by atoms with Crippen molar-refractivity contribution in [2.24, 2.45) is 0 Å². The normalized spacial score (nSPS) is 12.6. The largest absolute Gasteiger partial charge is 0.113 e. The molecule has 1 atom stereocenters. The predicted molar refractivity (Wildman–Crippen MR) is 92.6 cm³/mol. The van der Waals surface area contributed by atoms with Crippen LogP contribution < -0.4 is 0 Å². The van der Waals surface area contributed by atoms with E-state index in [0.717, 1.165) is 21.7 Å². The van der Waals surface area contributed by atoms with Crippen molar-refractivity contribution in [3.05, 3.63) is 81.9 Å². The van der Waals surface area contributed by atoms with Gasteiger partial charge in [0.1, 0.15) is 0 Å². The highest BCUT2D eigenvalue weighted by Gasteiger charge is 2.15. The van der Waals surface area contributed by atoms with E-state index in [1.807, 2.05) is 19.1 Å². The minimum Gasteiger partial charge on any atom is -0.113 e. The molecule has 3 aromatic rings. The molecule has 1 unspecified atom stereocenters. The van der Waals surface area contributed by atoms with Crippen LogP contribution >= 0.6 is 23.2 Å². The molecular weight excluding hydrogens is 299 g/mol. The summed E-state index contributed by atoms with van der Waals surface area (Å²) >= 11 is 12.8. The van der Waals surface area contributed by atoms with Crippen molar-refractivity contribution in [1.29, 1.82) is 0 Å². The summed E-state index contributed by atoms with van der Waals surface area (Å²) in [6.07, 6.45) is 0. The average Bonchev–Trinajstić information content (AvgIpc) is 2.50. The van der Waals surface area contributed by atoms with Gasteiger partial charge in [0.2, 0.25) is 0 Å². The van der Waals surface area contributed by atoms with E-state index in [9.17, 15) is 0 Å². The van der Waals surface area contributed by atoms with Crippen LogP contribution in [0.2, 0.25) is 5.02 Å². The molecule has 0 N–H and O–H groups in total. The van der Waals surface area contributed by atoms with Crippen molar-refractivity contribution in [3.8, 4) is 0 Å². The fourth-order valence-electron chi connectivity index (χ4n) is 2.70. The second-order valence-corrected chi connectivity index (χ2v) is 6.23. The van der Waals surface area contributed by atoms with E-state index in [1.165, 1.54) is 16.3 Å². The zero-order valence-electron chi connectivity index (χ0n) is 12.0. The lowest BCUT2D eigenvalue weighted by Crippen LogP contribution is -1.96. The number of benzene rings is 3. The Labute approximate surface area is 135 Å². The zero-order valence-corrected chi connectivity index (χ0v) is 13.5. The second kappa shape index (κ2) is 5.71. The van der Waals surface area contributed by atoms with Crippen molar-refractivity contribution in [1.82, 2.24) is 0 Å². The number of halogens is 2. The van der Waals surface area contributed by atoms with Crippen LogP contribution in [-0.4, -0.2) is 0 Å². The maximum absolute atomic E-state index is 6.74. The third-order valence-corrected chi connectivity index (χ3v) is 4.83. The standard InChI is InChI=1S/C19H16Cl2/c1-12-7-9-17(16-6-4-3-5-15(12)16)19(21)14-8-10-18(20)13(2)11-14/h3-11,19H,1-2H3. The summed E-state index contributed by atoms with van der Waals surface area (Å²) in [5.41, 5.74) is 4.54. The molecule has 0 aliphatic carbocycles. The molecule has 0 radical (unpaired) electrons. The van der Waals surface area contributed by atoms with Crippen LogP contribution in [0.15, 0.2) is 54.6 Å². The molecule has 0 aliphatic heterocycles. The predicted octanol–water partition coefficient (Wildman–Crippen LogP) is 6.44. The summed E-state index contributed by atoms with van der Waals surface area (Å²) < 4.78 is 0. The molecule has 0 bridgehead atoms. The number of rotatable bonds is 2. The highest BCUT2D eigenvalue weighted by Crippen LogP contribution is 2.36. The molecule has 0 aliphatic rings. The van der Waals surface area contributed by atoms with Gasteiger partial charge in [0.05, 0.1) is 5.38 Å². The first kappa shape index (κ1) is 14.4. The molecular formula is C19H16Cl2. The minimum absolute atomic E-state index is 0.175. The highest BCUT2D eigenvalue weighted by molar-refractivity contribution is 6.31. The smallest absolute Gasteiger partial charge is 0.0841 e. The first-order valence-electron chi connectivity index (χ1n) is 6.96. The molecule has 0 spiro atoms. The van der Waals surface area contributed by atoms with Crippen LogP contribution in [0.5, 0.6) is 0 Å². The van der Waals surface area contributed by atoms with Gasteiger partial charge >= 0.3 is 0 Å². The molecule has 0 aromatic heterocycles. The Morgan fingerprint density at radius 1 is 0.810 bits per heavy atom. The topological polar surface area (TPSA) is 0 Å². The average molecular weight is 315 g/mol. The van der Waals surface area contributed by atoms with Crippen molar-refractivity contribution >= 4 is 34.0 Å². The number of aryl methyl sites for hydroxylation is 2. The summed E-state index contributed by atoms with van der Waals surface area (Å²) in [4.78, 5) is 0. The van der Waals surface area contributed by atoms with E-state index < -0.39 is 0 Å². The van der Waals surface area contributed by atoms with E-state index in [1.54, 1.807) is 0 Å². The molecule has 0 saturated carbocycles. The lowest BCUT2D eigenvalue weighted by molar-refractivity contribution is 1.15. The third-order valence-electron chi connectivity index (χ3n) is 3.92. The van der Waals surface area contributed by atoms with Crippen LogP contribution in [0.3, 0.4) is 0 Å². The Hall–Kier alpha value is -1.50. The molecule has 0 fully saturated rings. The van der Waals surface area contributed by atoms with E-state index in [-0.39, 0.29) is 5.38 Å². The van der Waals surface area contributed by atoms with Gasteiger partial charge in [0, 0.05) is 5.02 Å².